The largest absolute Gasteiger partial charge is 0.466 e. The van der Waals surface area contributed by atoms with Crippen LogP contribution >= 0.6 is 0 Å². The van der Waals surface area contributed by atoms with Gasteiger partial charge in [-0.25, -0.2) is 0 Å². The summed E-state index contributed by atoms with van der Waals surface area (Å²) in [5.74, 6) is -1.09. The molecular formula is C10H18O6. The molecule has 0 unspecified atom stereocenters. The summed E-state index contributed by atoms with van der Waals surface area (Å²) < 4.78 is 9.41. The monoisotopic (exact) mass is 234 g/mol. The molecule has 94 valence electrons. The Morgan fingerprint density at radius 2 is 1.69 bits per heavy atom. The van der Waals surface area contributed by atoms with Gasteiger partial charge in [-0.2, -0.15) is 0 Å². The molecule has 0 saturated heterocycles. The standard InChI is InChI=1S/C10H18O6/c1-2-5-15-9(13)3-4-10(14)16-8(6-11)7-12/h8,11-12H,2-7H2,1H3. The quantitative estimate of drug-likeness (QED) is 0.556. The van der Waals surface area contributed by atoms with Gasteiger partial charge in [0.25, 0.3) is 0 Å². The summed E-state index contributed by atoms with van der Waals surface area (Å²) in [5, 5.41) is 17.3. The van der Waals surface area contributed by atoms with E-state index in [0.29, 0.717) is 6.61 Å². The van der Waals surface area contributed by atoms with Crippen LogP contribution in [0.4, 0.5) is 0 Å². The average molecular weight is 234 g/mol. The van der Waals surface area contributed by atoms with Crippen LogP contribution in [0.1, 0.15) is 26.2 Å². The lowest BCUT2D eigenvalue weighted by atomic mass is 10.3. The minimum Gasteiger partial charge on any atom is -0.466 e. The van der Waals surface area contributed by atoms with Crippen LogP contribution < -0.4 is 0 Å². The first-order valence-corrected chi connectivity index (χ1v) is 5.20. The summed E-state index contributed by atoms with van der Waals surface area (Å²) in [6, 6.07) is 0. The minimum absolute atomic E-state index is 0.0532. The molecule has 6 nitrogen and oxygen atoms in total. The number of esters is 2. The lowest BCUT2D eigenvalue weighted by Crippen LogP contribution is -2.25. The van der Waals surface area contributed by atoms with Gasteiger partial charge in [-0.3, -0.25) is 9.59 Å². The molecule has 16 heavy (non-hydrogen) atoms. The smallest absolute Gasteiger partial charge is 0.306 e. The van der Waals surface area contributed by atoms with Crippen LogP contribution in [0, 0.1) is 0 Å². The summed E-state index contributed by atoms with van der Waals surface area (Å²) in [4.78, 5) is 22.1. The van der Waals surface area contributed by atoms with Crippen LogP contribution in [-0.4, -0.2) is 48.1 Å². The third-order valence-corrected chi connectivity index (χ3v) is 1.71. The number of ether oxygens (including phenoxy) is 2. The summed E-state index contributed by atoms with van der Waals surface area (Å²) in [7, 11) is 0. The van der Waals surface area contributed by atoms with Crippen LogP contribution in [0.5, 0.6) is 0 Å². The van der Waals surface area contributed by atoms with Crippen LogP contribution in [0.25, 0.3) is 0 Å². The maximum Gasteiger partial charge on any atom is 0.306 e. The Morgan fingerprint density at radius 3 is 2.19 bits per heavy atom. The Hall–Kier alpha value is -1.14. The van der Waals surface area contributed by atoms with Crippen molar-refractivity contribution >= 4 is 11.9 Å². The highest BCUT2D eigenvalue weighted by Crippen LogP contribution is 1.99. The number of carbonyl (C=O) groups excluding carboxylic acids is 2. The predicted molar refractivity (Wildman–Crippen MR) is 54.5 cm³/mol. The topological polar surface area (TPSA) is 93.1 Å². The fourth-order valence-corrected chi connectivity index (χ4v) is 0.869. The lowest BCUT2D eigenvalue weighted by Gasteiger charge is -2.12. The molecule has 0 bridgehead atoms. The van der Waals surface area contributed by atoms with Gasteiger partial charge in [0.1, 0.15) is 6.10 Å². The summed E-state index contributed by atoms with van der Waals surface area (Å²) in [6.45, 7) is 1.32. The Labute approximate surface area is 94.2 Å². The van der Waals surface area contributed by atoms with Crippen molar-refractivity contribution in [3.63, 3.8) is 0 Å². The number of aliphatic hydroxyl groups excluding tert-OH is 2. The number of hydrogen-bond donors (Lipinski definition) is 2. The van der Waals surface area contributed by atoms with E-state index >= 15 is 0 Å². The van der Waals surface area contributed by atoms with E-state index in [1.54, 1.807) is 0 Å². The van der Waals surface area contributed by atoms with Gasteiger partial charge in [-0.1, -0.05) is 6.92 Å². The number of aliphatic hydroxyl groups is 2. The fraction of sp³-hybridized carbons (Fsp3) is 0.800. The van der Waals surface area contributed by atoms with Gasteiger partial charge < -0.3 is 19.7 Å². The molecule has 0 aromatic carbocycles. The molecule has 0 aromatic rings. The molecule has 6 heteroatoms. The van der Waals surface area contributed by atoms with Gasteiger partial charge in [0, 0.05) is 0 Å². The van der Waals surface area contributed by atoms with Crippen molar-refractivity contribution in [1.29, 1.82) is 0 Å². The molecule has 0 amide bonds. The number of hydrogen-bond acceptors (Lipinski definition) is 6. The number of rotatable bonds is 8. The van der Waals surface area contributed by atoms with E-state index in [-0.39, 0.29) is 12.8 Å². The highest BCUT2D eigenvalue weighted by Gasteiger charge is 2.14. The predicted octanol–water partition coefficient (Wildman–Crippen LogP) is -0.384. The van der Waals surface area contributed by atoms with Crippen LogP contribution in [-0.2, 0) is 19.1 Å². The summed E-state index contributed by atoms with van der Waals surface area (Å²) >= 11 is 0. The van der Waals surface area contributed by atoms with Gasteiger partial charge in [0.05, 0.1) is 32.7 Å². The Bertz CT molecular complexity index is 211. The zero-order valence-corrected chi connectivity index (χ0v) is 9.35. The zero-order valence-electron chi connectivity index (χ0n) is 9.35. The molecule has 0 rings (SSSR count). The zero-order chi connectivity index (χ0) is 12.4. The van der Waals surface area contributed by atoms with Crippen molar-refractivity contribution in [2.45, 2.75) is 32.3 Å². The van der Waals surface area contributed by atoms with Crippen molar-refractivity contribution in [3.8, 4) is 0 Å². The van der Waals surface area contributed by atoms with Gasteiger partial charge in [0.2, 0.25) is 0 Å². The fourth-order valence-electron chi connectivity index (χ4n) is 0.869. The Balaban J connectivity index is 3.67. The SMILES string of the molecule is CCCOC(=O)CCC(=O)OC(CO)CO. The first-order valence-electron chi connectivity index (χ1n) is 5.20. The van der Waals surface area contributed by atoms with Gasteiger partial charge in [0.15, 0.2) is 0 Å². The van der Waals surface area contributed by atoms with Gasteiger partial charge >= 0.3 is 11.9 Å². The van der Waals surface area contributed by atoms with E-state index in [4.69, 9.17) is 14.9 Å². The van der Waals surface area contributed by atoms with E-state index in [0.717, 1.165) is 6.42 Å². The molecule has 0 saturated carbocycles. The average Bonchev–Trinajstić information content (AvgIpc) is 2.30. The number of carbonyl (C=O) groups is 2. The van der Waals surface area contributed by atoms with Crippen molar-refractivity contribution in [2.24, 2.45) is 0 Å². The Kier molecular flexibility index (Phi) is 8.46. The van der Waals surface area contributed by atoms with E-state index in [1.165, 1.54) is 0 Å². The van der Waals surface area contributed by atoms with Crippen LogP contribution in [0.2, 0.25) is 0 Å². The highest BCUT2D eigenvalue weighted by molar-refractivity contribution is 5.77. The van der Waals surface area contributed by atoms with E-state index in [2.05, 4.69) is 4.74 Å². The first kappa shape index (κ1) is 14.9. The molecule has 0 aromatic heterocycles. The highest BCUT2D eigenvalue weighted by atomic mass is 16.6. The third-order valence-electron chi connectivity index (χ3n) is 1.71. The van der Waals surface area contributed by atoms with Crippen molar-refractivity contribution in [1.82, 2.24) is 0 Å². The summed E-state index contributed by atoms with van der Waals surface area (Å²) in [5.41, 5.74) is 0. The summed E-state index contributed by atoms with van der Waals surface area (Å²) in [6.07, 6.45) is -0.353. The molecule has 0 heterocycles. The molecule has 0 aliphatic rings. The van der Waals surface area contributed by atoms with E-state index in [9.17, 15) is 9.59 Å². The molecule has 0 aliphatic heterocycles. The second-order valence-corrected chi connectivity index (χ2v) is 3.20. The van der Waals surface area contributed by atoms with Gasteiger partial charge in [-0.15, -0.1) is 0 Å². The van der Waals surface area contributed by atoms with Crippen LogP contribution in [0.15, 0.2) is 0 Å². The third kappa shape index (κ3) is 7.19. The van der Waals surface area contributed by atoms with Gasteiger partial charge in [-0.05, 0) is 6.42 Å². The van der Waals surface area contributed by atoms with E-state index in [1.807, 2.05) is 6.92 Å². The second kappa shape index (κ2) is 9.11. The molecule has 0 atom stereocenters. The normalized spacial score (nSPS) is 10.2. The van der Waals surface area contributed by atoms with Crippen molar-refractivity contribution in [2.75, 3.05) is 19.8 Å². The molecule has 2 N–H and O–H groups in total. The molecule has 0 aliphatic carbocycles. The maximum absolute atomic E-state index is 11.1. The van der Waals surface area contributed by atoms with Crippen LogP contribution in [0.3, 0.4) is 0 Å². The molecule has 0 fully saturated rings. The van der Waals surface area contributed by atoms with Crippen molar-refractivity contribution in [3.05, 3.63) is 0 Å². The molecule has 0 radical (unpaired) electrons. The lowest BCUT2D eigenvalue weighted by molar-refractivity contribution is -0.156. The van der Waals surface area contributed by atoms with E-state index < -0.39 is 31.3 Å². The minimum atomic E-state index is -0.917. The maximum atomic E-state index is 11.1. The first-order chi connectivity index (χ1) is 7.63. The second-order valence-electron chi connectivity index (χ2n) is 3.20. The Morgan fingerprint density at radius 1 is 1.12 bits per heavy atom. The molecule has 0 spiro atoms. The van der Waals surface area contributed by atoms with Crippen molar-refractivity contribution < 1.29 is 29.3 Å². The molecular weight excluding hydrogens is 216 g/mol.